The van der Waals surface area contributed by atoms with E-state index >= 15 is 0 Å². The number of anilines is 1. The molecule has 3 heterocycles. The molecular weight excluding hydrogens is 248 g/mol. The number of nitrogen functional groups attached to an aromatic ring is 1. The number of rotatable bonds is 3. The molecule has 2 aromatic heterocycles. The number of aromatic nitrogens is 2. The molecule has 1 fully saturated rings. The van der Waals surface area contributed by atoms with Gasteiger partial charge in [0.25, 0.3) is 0 Å². The minimum atomic E-state index is 0.717. The van der Waals surface area contributed by atoms with Crippen molar-refractivity contribution in [2.75, 3.05) is 12.3 Å². The highest BCUT2D eigenvalue weighted by atomic mass is 15.2. The van der Waals surface area contributed by atoms with Gasteiger partial charge >= 0.3 is 0 Å². The number of pyridine rings is 1. The molecule has 2 aromatic rings. The molecule has 4 heteroatoms. The summed E-state index contributed by atoms with van der Waals surface area (Å²) in [6.07, 6.45) is 7.24. The molecule has 0 aromatic carbocycles. The number of hydrogen-bond acceptors (Lipinski definition) is 3. The van der Waals surface area contributed by atoms with Crippen molar-refractivity contribution in [1.82, 2.24) is 14.3 Å². The van der Waals surface area contributed by atoms with Crippen molar-refractivity contribution in [1.29, 1.82) is 0 Å². The van der Waals surface area contributed by atoms with E-state index < -0.39 is 0 Å². The zero-order valence-corrected chi connectivity index (χ0v) is 12.5. The molecule has 0 spiro atoms. The van der Waals surface area contributed by atoms with Gasteiger partial charge in [-0.15, -0.1) is 0 Å². The van der Waals surface area contributed by atoms with Gasteiger partial charge in [0, 0.05) is 24.5 Å². The Balaban J connectivity index is 1.93. The summed E-state index contributed by atoms with van der Waals surface area (Å²) in [5.74, 6) is 0. The van der Waals surface area contributed by atoms with E-state index in [9.17, 15) is 0 Å². The highest BCUT2D eigenvalue weighted by molar-refractivity contribution is 5.50. The first-order chi connectivity index (χ1) is 9.69. The number of nitrogens with two attached hydrogens (primary N) is 1. The second-order valence-corrected chi connectivity index (χ2v) is 5.86. The van der Waals surface area contributed by atoms with Crippen molar-refractivity contribution < 1.29 is 0 Å². The number of fused-ring (bicyclic) bond motifs is 1. The predicted molar refractivity (Wildman–Crippen MR) is 82.7 cm³/mol. The Bertz CT molecular complexity index is 602. The normalized spacial score (nSPS) is 20.6. The lowest BCUT2D eigenvalue weighted by Gasteiger charge is -2.35. The monoisotopic (exact) mass is 272 g/mol. The third-order valence-corrected chi connectivity index (χ3v) is 4.51. The molecule has 0 amide bonds. The van der Waals surface area contributed by atoms with Crippen molar-refractivity contribution in [3.05, 3.63) is 29.7 Å². The van der Waals surface area contributed by atoms with Gasteiger partial charge in [-0.05, 0) is 44.9 Å². The highest BCUT2D eigenvalue weighted by Crippen LogP contribution is 2.23. The second-order valence-electron chi connectivity index (χ2n) is 5.86. The zero-order chi connectivity index (χ0) is 14.1. The van der Waals surface area contributed by atoms with Crippen LogP contribution in [0.25, 0.3) is 5.65 Å². The van der Waals surface area contributed by atoms with E-state index in [-0.39, 0.29) is 0 Å². The van der Waals surface area contributed by atoms with Crippen molar-refractivity contribution >= 4 is 11.3 Å². The number of likely N-dealkylation sites (tertiary alicyclic amines) is 1. The number of aryl methyl sites for hydroxylation is 1. The smallest absolute Gasteiger partial charge is 0.137 e. The molecule has 3 rings (SSSR count). The largest absolute Gasteiger partial charge is 0.398 e. The molecule has 108 valence electrons. The maximum absolute atomic E-state index is 5.93. The Morgan fingerprint density at radius 3 is 3.00 bits per heavy atom. The van der Waals surface area contributed by atoms with Crippen LogP contribution in [0.2, 0.25) is 0 Å². The summed E-state index contributed by atoms with van der Waals surface area (Å²) in [6.45, 7) is 6.58. The lowest BCUT2D eigenvalue weighted by atomic mass is 10.00. The Kier molecular flexibility index (Phi) is 3.66. The summed E-state index contributed by atoms with van der Waals surface area (Å²) in [4.78, 5) is 7.27. The summed E-state index contributed by atoms with van der Waals surface area (Å²) < 4.78 is 2.16. The lowest BCUT2D eigenvalue weighted by molar-refractivity contribution is 0.134. The van der Waals surface area contributed by atoms with Crippen LogP contribution in [0.1, 0.15) is 44.0 Å². The number of nitrogens with zero attached hydrogens (tertiary/aromatic N) is 3. The summed E-state index contributed by atoms with van der Waals surface area (Å²) >= 11 is 0. The molecule has 1 saturated heterocycles. The van der Waals surface area contributed by atoms with Gasteiger partial charge in [-0.3, -0.25) is 4.90 Å². The summed E-state index contributed by atoms with van der Waals surface area (Å²) in [7, 11) is 0. The molecule has 1 aliphatic rings. The second kappa shape index (κ2) is 5.44. The molecule has 1 aliphatic heterocycles. The minimum absolute atomic E-state index is 0.717. The van der Waals surface area contributed by atoms with E-state index in [1.165, 1.54) is 37.9 Å². The van der Waals surface area contributed by atoms with Gasteiger partial charge in [0.2, 0.25) is 0 Å². The Hall–Kier alpha value is -1.55. The van der Waals surface area contributed by atoms with Crippen molar-refractivity contribution in [3.63, 3.8) is 0 Å². The number of imidazole rings is 1. The van der Waals surface area contributed by atoms with Crippen LogP contribution in [-0.2, 0) is 6.54 Å². The first kappa shape index (κ1) is 13.4. The van der Waals surface area contributed by atoms with E-state index in [4.69, 9.17) is 5.73 Å². The third-order valence-electron chi connectivity index (χ3n) is 4.51. The molecular formula is C16H24N4. The van der Waals surface area contributed by atoms with Crippen LogP contribution in [0, 0.1) is 6.92 Å². The van der Waals surface area contributed by atoms with Gasteiger partial charge in [0.1, 0.15) is 5.65 Å². The fourth-order valence-electron chi connectivity index (χ4n) is 3.34. The third kappa shape index (κ3) is 2.40. The summed E-state index contributed by atoms with van der Waals surface area (Å²) in [5, 5.41) is 0. The predicted octanol–water partition coefficient (Wildman–Crippen LogP) is 2.99. The van der Waals surface area contributed by atoms with Gasteiger partial charge in [0.15, 0.2) is 0 Å². The Morgan fingerprint density at radius 1 is 1.35 bits per heavy atom. The van der Waals surface area contributed by atoms with E-state index in [2.05, 4.69) is 28.1 Å². The van der Waals surface area contributed by atoms with Gasteiger partial charge in [-0.2, -0.15) is 0 Å². The van der Waals surface area contributed by atoms with Gasteiger partial charge < -0.3 is 10.1 Å². The molecule has 4 nitrogen and oxygen atoms in total. The van der Waals surface area contributed by atoms with Crippen LogP contribution in [-0.4, -0.2) is 26.9 Å². The highest BCUT2D eigenvalue weighted by Gasteiger charge is 2.22. The minimum Gasteiger partial charge on any atom is -0.398 e. The molecule has 0 bridgehead atoms. The lowest BCUT2D eigenvalue weighted by Crippen LogP contribution is -2.38. The SMILES string of the molecule is CCC1CCCCN1Cc1c(C)nc2ccc(N)cn12. The quantitative estimate of drug-likeness (QED) is 0.934. The van der Waals surface area contributed by atoms with Crippen LogP contribution in [0.15, 0.2) is 18.3 Å². The fourth-order valence-corrected chi connectivity index (χ4v) is 3.34. The molecule has 1 atom stereocenters. The average Bonchev–Trinajstić information content (AvgIpc) is 2.76. The standard InChI is InChI=1S/C16H24N4/c1-3-14-6-4-5-9-19(14)11-15-12(2)18-16-8-7-13(17)10-20(15)16/h7-8,10,14H,3-6,9,11,17H2,1-2H3. The summed E-state index contributed by atoms with van der Waals surface area (Å²) in [5.41, 5.74) is 10.1. The van der Waals surface area contributed by atoms with Gasteiger partial charge in [-0.1, -0.05) is 13.3 Å². The maximum atomic E-state index is 5.93. The van der Waals surface area contributed by atoms with Crippen LogP contribution >= 0.6 is 0 Å². The van der Waals surface area contributed by atoms with Crippen molar-refractivity contribution in [3.8, 4) is 0 Å². The van der Waals surface area contributed by atoms with Gasteiger partial charge in [0.05, 0.1) is 11.4 Å². The molecule has 2 N–H and O–H groups in total. The number of piperidine rings is 1. The maximum Gasteiger partial charge on any atom is 0.137 e. The average molecular weight is 272 g/mol. The molecule has 0 radical (unpaired) electrons. The van der Waals surface area contributed by atoms with E-state index in [0.717, 1.165) is 29.6 Å². The number of hydrogen-bond donors (Lipinski definition) is 1. The van der Waals surface area contributed by atoms with E-state index in [1.807, 2.05) is 18.3 Å². The first-order valence-corrected chi connectivity index (χ1v) is 7.66. The van der Waals surface area contributed by atoms with Crippen LogP contribution in [0.5, 0.6) is 0 Å². The Labute approximate surface area is 120 Å². The van der Waals surface area contributed by atoms with Crippen LogP contribution in [0.4, 0.5) is 5.69 Å². The molecule has 0 saturated carbocycles. The Morgan fingerprint density at radius 2 is 2.20 bits per heavy atom. The first-order valence-electron chi connectivity index (χ1n) is 7.66. The fraction of sp³-hybridized carbons (Fsp3) is 0.562. The van der Waals surface area contributed by atoms with Crippen LogP contribution < -0.4 is 5.73 Å². The van der Waals surface area contributed by atoms with Crippen molar-refractivity contribution in [2.45, 2.75) is 52.1 Å². The zero-order valence-electron chi connectivity index (χ0n) is 12.5. The molecule has 1 unspecified atom stereocenters. The van der Waals surface area contributed by atoms with E-state index in [0.29, 0.717) is 0 Å². The van der Waals surface area contributed by atoms with Gasteiger partial charge in [-0.25, -0.2) is 4.98 Å². The van der Waals surface area contributed by atoms with Crippen molar-refractivity contribution in [2.24, 2.45) is 0 Å². The topological polar surface area (TPSA) is 46.6 Å². The van der Waals surface area contributed by atoms with Crippen LogP contribution in [0.3, 0.4) is 0 Å². The molecule has 0 aliphatic carbocycles. The summed E-state index contributed by atoms with van der Waals surface area (Å²) in [6, 6.07) is 4.63. The van der Waals surface area contributed by atoms with E-state index in [1.54, 1.807) is 0 Å². The molecule has 20 heavy (non-hydrogen) atoms.